The van der Waals surface area contributed by atoms with Crippen LogP contribution in [0.25, 0.3) is 0 Å². The minimum absolute atomic E-state index is 0.212. The summed E-state index contributed by atoms with van der Waals surface area (Å²) in [7, 11) is 0. The topological polar surface area (TPSA) is 78.9 Å². The summed E-state index contributed by atoms with van der Waals surface area (Å²) < 4.78 is 7.43. The van der Waals surface area contributed by atoms with Gasteiger partial charge in [-0.3, -0.25) is 0 Å². The summed E-state index contributed by atoms with van der Waals surface area (Å²) in [4.78, 5) is 0. The van der Waals surface area contributed by atoms with E-state index in [2.05, 4.69) is 15.5 Å². The number of para-hydroxylation sites is 1. The predicted molar refractivity (Wildman–Crippen MR) is 62.2 cm³/mol. The molecule has 0 aliphatic heterocycles. The van der Waals surface area contributed by atoms with E-state index in [1.165, 1.54) is 0 Å². The Hall–Kier alpha value is -1.95. The van der Waals surface area contributed by atoms with E-state index in [9.17, 15) is 0 Å². The smallest absolute Gasteiger partial charge is 0.195 e. The van der Waals surface area contributed by atoms with E-state index < -0.39 is 0 Å². The molecule has 0 fully saturated rings. The molecule has 6 nitrogen and oxygen atoms in total. The van der Waals surface area contributed by atoms with Gasteiger partial charge >= 0.3 is 0 Å². The van der Waals surface area contributed by atoms with Crippen molar-refractivity contribution >= 4 is 0 Å². The number of hydrogen-bond acceptors (Lipinski definition) is 5. The molecule has 2 rings (SSSR count). The summed E-state index contributed by atoms with van der Waals surface area (Å²) in [5.74, 6) is 0.796. The molecular weight excluding hydrogens is 218 g/mol. The minimum atomic E-state index is -0.212. The first-order valence-corrected chi connectivity index (χ1v) is 5.54. The fraction of sp³-hybridized carbons (Fsp3) is 0.364. The van der Waals surface area contributed by atoms with Crippen LogP contribution in [0.3, 0.4) is 0 Å². The zero-order chi connectivity index (χ0) is 11.9. The van der Waals surface area contributed by atoms with Gasteiger partial charge in [0, 0.05) is 6.42 Å². The normalized spacial score (nSPS) is 12.3. The number of nitrogens with zero attached hydrogens (tertiary/aromatic N) is 4. The van der Waals surface area contributed by atoms with E-state index in [0.717, 1.165) is 18.6 Å². The lowest BCUT2D eigenvalue weighted by Gasteiger charge is -2.17. The average molecular weight is 233 g/mol. The summed E-state index contributed by atoms with van der Waals surface area (Å²) in [6.45, 7) is 0.622. The number of hydrogen-bond donors (Lipinski definition) is 1. The molecule has 6 heteroatoms. The molecule has 0 saturated heterocycles. The Morgan fingerprint density at radius 3 is 2.76 bits per heavy atom. The molecule has 0 saturated carbocycles. The fourth-order valence-electron chi connectivity index (χ4n) is 1.49. The van der Waals surface area contributed by atoms with Gasteiger partial charge in [0.05, 0.1) is 0 Å². The molecular formula is C11H15N5O. The third-order valence-electron chi connectivity index (χ3n) is 2.33. The Morgan fingerprint density at radius 1 is 1.29 bits per heavy atom. The number of ether oxygens (including phenoxy) is 1. The standard InChI is InChI=1S/C11H15N5O/c12-8-4-7-11(16-9-13-14-15-16)17-10-5-2-1-3-6-10/h1-3,5-6,9,11H,4,7-8,12H2. The van der Waals surface area contributed by atoms with Crippen molar-refractivity contribution in [3.63, 3.8) is 0 Å². The Bertz CT molecular complexity index is 417. The molecule has 2 aromatic rings. The highest BCUT2D eigenvalue weighted by Crippen LogP contribution is 2.19. The summed E-state index contributed by atoms with van der Waals surface area (Å²) >= 11 is 0. The van der Waals surface area contributed by atoms with Gasteiger partial charge in [-0.05, 0) is 35.5 Å². The van der Waals surface area contributed by atoms with E-state index in [0.29, 0.717) is 6.54 Å². The molecule has 0 aliphatic carbocycles. The average Bonchev–Trinajstić information content (AvgIpc) is 2.89. The minimum Gasteiger partial charge on any atom is -0.469 e. The lowest BCUT2D eigenvalue weighted by Crippen LogP contribution is -2.18. The number of rotatable bonds is 6. The van der Waals surface area contributed by atoms with E-state index in [1.54, 1.807) is 11.0 Å². The molecule has 17 heavy (non-hydrogen) atoms. The van der Waals surface area contributed by atoms with Crippen molar-refractivity contribution in [2.45, 2.75) is 19.1 Å². The van der Waals surface area contributed by atoms with E-state index >= 15 is 0 Å². The zero-order valence-electron chi connectivity index (χ0n) is 9.44. The third kappa shape index (κ3) is 3.25. The number of aromatic nitrogens is 4. The van der Waals surface area contributed by atoms with Crippen LogP contribution in [0.1, 0.15) is 19.1 Å². The molecule has 2 N–H and O–H groups in total. The van der Waals surface area contributed by atoms with Crippen LogP contribution in [0.4, 0.5) is 0 Å². The molecule has 1 aromatic carbocycles. The molecule has 0 aliphatic rings. The summed E-state index contributed by atoms with van der Waals surface area (Å²) in [5, 5.41) is 11.1. The van der Waals surface area contributed by atoms with Crippen LogP contribution >= 0.6 is 0 Å². The molecule has 0 radical (unpaired) electrons. The van der Waals surface area contributed by atoms with Crippen LogP contribution in [0.5, 0.6) is 5.75 Å². The Balaban J connectivity index is 2.06. The lowest BCUT2D eigenvalue weighted by molar-refractivity contribution is 0.105. The summed E-state index contributed by atoms with van der Waals surface area (Å²) in [6, 6.07) is 9.60. The first kappa shape index (κ1) is 11.5. The van der Waals surface area contributed by atoms with Crippen molar-refractivity contribution in [3.05, 3.63) is 36.7 Å². The first-order chi connectivity index (χ1) is 8.40. The molecule has 0 spiro atoms. The molecule has 1 atom stereocenters. The fourth-order valence-corrected chi connectivity index (χ4v) is 1.49. The number of benzene rings is 1. The Kier molecular flexibility index (Phi) is 4.04. The number of tetrazole rings is 1. The van der Waals surface area contributed by atoms with Crippen molar-refractivity contribution in [1.29, 1.82) is 0 Å². The van der Waals surface area contributed by atoms with Crippen LogP contribution in [-0.2, 0) is 0 Å². The monoisotopic (exact) mass is 233 g/mol. The Labute approximate surface area is 99.4 Å². The predicted octanol–water partition coefficient (Wildman–Crippen LogP) is 0.990. The van der Waals surface area contributed by atoms with Gasteiger partial charge in [-0.1, -0.05) is 18.2 Å². The van der Waals surface area contributed by atoms with Gasteiger partial charge in [-0.25, -0.2) is 0 Å². The molecule has 0 amide bonds. The second-order valence-corrected chi connectivity index (χ2v) is 3.61. The van der Waals surface area contributed by atoms with Crippen LogP contribution in [0, 0.1) is 0 Å². The van der Waals surface area contributed by atoms with Gasteiger partial charge in [-0.15, -0.1) is 5.10 Å². The SMILES string of the molecule is NCCCC(Oc1ccccc1)n1cnnn1. The van der Waals surface area contributed by atoms with Gasteiger partial charge in [-0.2, -0.15) is 4.68 Å². The maximum atomic E-state index is 5.83. The van der Waals surface area contributed by atoms with Crippen molar-refractivity contribution in [2.75, 3.05) is 6.54 Å². The van der Waals surface area contributed by atoms with Crippen LogP contribution in [-0.4, -0.2) is 26.8 Å². The van der Waals surface area contributed by atoms with Crippen molar-refractivity contribution < 1.29 is 4.74 Å². The van der Waals surface area contributed by atoms with Crippen molar-refractivity contribution in [1.82, 2.24) is 20.2 Å². The maximum Gasteiger partial charge on any atom is 0.195 e. The first-order valence-electron chi connectivity index (χ1n) is 5.54. The van der Waals surface area contributed by atoms with Gasteiger partial charge in [0.2, 0.25) is 0 Å². The highest BCUT2D eigenvalue weighted by atomic mass is 16.5. The third-order valence-corrected chi connectivity index (χ3v) is 2.33. The lowest BCUT2D eigenvalue weighted by atomic mass is 10.3. The van der Waals surface area contributed by atoms with E-state index in [-0.39, 0.29) is 6.23 Å². The van der Waals surface area contributed by atoms with Gasteiger partial charge in [0.25, 0.3) is 0 Å². The van der Waals surface area contributed by atoms with E-state index in [4.69, 9.17) is 10.5 Å². The van der Waals surface area contributed by atoms with Crippen molar-refractivity contribution in [3.8, 4) is 5.75 Å². The Morgan fingerprint density at radius 2 is 2.12 bits per heavy atom. The van der Waals surface area contributed by atoms with E-state index in [1.807, 2.05) is 30.3 Å². The maximum absolute atomic E-state index is 5.83. The molecule has 1 aromatic heterocycles. The molecule has 1 unspecified atom stereocenters. The van der Waals surface area contributed by atoms with Crippen LogP contribution in [0.2, 0.25) is 0 Å². The highest BCUT2D eigenvalue weighted by molar-refractivity contribution is 5.21. The second kappa shape index (κ2) is 5.95. The summed E-state index contributed by atoms with van der Waals surface area (Å²) in [6.07, 6.45) is 2.97. The largest absolute Gasteiger partial charge is 0.469 e. The van der Waals surface area contributed by atoms with Crippen LogP contribution in [0.15, 0.2) is 36.7 Å². The molecule has 1 heterocycles. The van der Waals surface area contributed by atoms with Gasteiger partial charge in [0.1, 0.15) is 12.1 Å². The van der Waals surface area contributed by atoms with Gasteiger partial charge < -0.3 is 10.5 Å². The highest BCUT2D eigenvalue weighted by Gasteiger charge is 2.13. The quantitative estimate of drug-likeness (QED) is 0.804. The molecule has 0 bridgehead atoms. The van der Waals surface area contributed by atoms with Crippen molar-refractivity contribution in [2.24, 2.45) is 5.73 Å². The van der Waals surface area contributed by atoms with Crippen LogP contribution < -0.4 is 10.5 Å². The second-order valence-electron chi connectivity index (χ2n) is 3.61. The number of nitrogens with two attached hydrogens (primary N) is 1. The zero-order valence-corrected chi connectivity index (χ0v) is 9.44. The summed E-state index contributed by atoms with van der Waals surface area (Å²) in [5.41, 5.74) is 5.51. The molecule has 90 valence electrons. The van der Waals surface area contributed by atoms with Gasteiger partial charge in [0.15, 0.2) is 6.23 Å².